The highest BCUT2D eigenvalue weighted by Crippen LogP contribution is 2.19. The molecule has 4 heteroatoms. The number of halogens is 1. The SMILES string of the molecule is CN(C)c1ccc(NN)cc1F. The van der Waals surface area contributed by atoms with Crippen LogP contribution in [0.15, 0.2) is 18.2 Å². The van der Waals surface area contributed by atoms with Crippen molar-refractivity contribution in [3.05, 3.63) is 24.0 Å². The van der Waals surface area contributed by atoms with Gasteiger partial charge >= 0.3 is 0 Å². The van der Waals surface area contributed by atoms with E-state index in [1.165, 1.54) is 6.07 Å². The molecule has 0 heterocycles. The van der Waals surface area contributed by atoms with E-state index in [9.17, 15) is 4.39 Å². The number of nitrogens with zero attached hydrogens (tertiary/aromatic N) is 1. The molecular formula is C8H12FN3. The molecule has 0 radical (unpaired) electrons. The van der Waals surface area contributed by atoms with Gasteiger partial charge in [-0.3, -0.25) is 5.84 Å². The highest BCUT2D eigenvalue weighted by Gasteiger charge is 2.03. The quantitative estimate of drug-likeness (QED) is 0.516. The first kappa shape index (κ1) is 8.80. The van der Waals surface area contributed by atoms with E-state index in [0.717, 1.165) is 0 Å². The Morgan fingerprint density at radius 2 is 2.08 bits per heavy atom. The van der Waals surface area contributed by atoms with Crippen molar-refractivity contribution < 1.29 is 4.39 Å². The van der Waals surface area contributed by atoms with Crippen molar-refractivity contribution >= 4 is 11.4 Å². The van der Waals surface area contributed by atoms with Gasteiger partial charge in [-0.05, 0) is 12.1 Å². The Kier molecular flexibility index (Phi) is 2.50. The number of anilines is 2. The molecular weight excluding hydrogens is 157 g/mol. The zero-order chi connectivity index (χ0) is 9.14. The van der Waals surface area contributed by atoms with Gasteiger partial charge in [0.2, 0.25) is 0 Å². The second kappa shape index (κ2) is 3.40. The van der Waals surface area contributed by atoms with E-state index < -0.39 is 0 Å². The van der Waals surface area contributed by atoms with Gasteiger partial charge in [0.05, 0.1) is 11.4 Å². The molecule has 1 aromatic carbocycles. The largest absolute Gasteiger partial charge is 0.375 e. The third-order valence-electron chi connectivity index (χ3n) is 1.60. The van der Waals surface area contributed by atoms with Crippen LogP contribution >= 0.6 is 0 Å². The molecule has 0 bridgehead atoms. The van der Waals surface area contributed by atoms with Crippen LogP contribution < -0.4 is 16.2 Å². The summed E-state index contributed by atoms with van der Waals surface area (Å²) in [6.45, 7) is 0. The molecule has 0 spiro atoms. The number of hydrogen-bond acceptors (Lipinski definition) is 3. The highest BCUT2D eigenvalue weighted by molar-refractivity contribution is 5.55. The maximum absolute atomic E-state index is 13.2. The fraction of sp³-hybridized carbons (Fsp3) is 0.250. The number of rotatable bonds is 2. The summed E-state index contributed by atoms with van der Waals surface area (Å²) >= 11 is 0. The van der Waals surface area contributed by atoms with Crippen molar-refractivity contribution in [2.45, 2.75) is 0 Å². The van der Waals surface area contributed by atoms with Gasteiger partial charge in [-0.15, -0.1) is 0 Å². The average molecular weight is 169 g/mol. The van der Waals surface area contributed by atoms with E-state index in [4.69, 9.17) is 5.84 Å². The number of hydrogen-bond donors (Lipinski definition) is 2. The Morgan fingerprint density at radius 3 is 2.50 bits per heavy atom. The molecule has 0 aliphatic rings. The van der Waals surface area contributed by atoms with E-state index >= 15 is 0 Å². The Balaban J connectivity index is 3.03. The van der Waals surface area contributed by atoms with Gasteiger partial charge in [0.25, 0.3) is 0 Å². The lowest BCUT2D eigenvalue weighted by molar-refractivity contribution is 0.626. The number of nitrogen functional groups attached to an aromatic ring is 1. The van der Waals surface area contributed by atoms with Crippen LogP contribution in [-0.2, 0) is 0 Å². The summed E-state index contributed by atoms with van der Waals surface area (Å²) in [5.41, 5.74) is 3.49. The zero-order valence-corrected chi connectivity index (χ0v) is 7.13. The van der Waals surface area contributed by atoms with Crippen LogP contribution in [0.4, 0.5) is 15.8 Å². The number of hydrazine groups is 1. The maximum Gasteiger partial charge on any atom is 0.148 e. The van der Waals surface area contributed by atoms with Gasteiger partial charge in [-0.25, -0.2) is 4.39 Å². The number of nitrogens with two attached hydrogens (primary N) is 1. The normalized spacial score (nSPS) is 9.67. The highest BCUT2D eigenvalue weighted by atomic mass is 19.1. The first-order valence-electron chi connectivity index (χ1n) is 3.58. The average Bonchev–Trinajstić information content (AvgIpc) is 2.03. The molecule has 0 atom stereocenters. The maximum atomic E-state index is 13.2. The molecule has 3 N–H and O–H groups in total. The van der Waals surface area contributed by atoms with Crippen molar-refractivity contribution in [2.75, 3.05) is 24.4 Å². The van der Waals surface area contributed by atoms with Crippen LogP contribution in [0.2, 0.25) is 0 Å². The van der Waals surface area contributed by atoms with Crippen molar-refractivity contribution in [1.82, 2.24) is 0 Å². The minimum Gasteiger partial charge on any atom is -0.375 e. The monoisotopic (exact) mass is 169 g/mol. The zero-order valence-electron chi connectivity index (χ0n) is 7.13. The van der Waals surface area contributed by atoms with E-state index in [1.807, 2.05) is 0 Å². The standard InChI is InChI=1S/C8H12FN3/c1-12(2)8-4-3-6(11-10)5-7(8)9/h3-5,11H,10H2,1-2H3. The van der Waals surface area contributed by atoms with E-state index in [-0.39, 0.29) is 5.82 Å². The Morgan fingerprint density at radius 1 is 1.42 bits per heavy atom. The first-order valence-corrected chi connectivity index (χ1v) is 3.58. The molecule has 0 fully saturated rings. The van der Waals surface area contributed by atoms with E-state index in [1.54, 1.807) is 31.1 Å². The van der Waals surface area contributed by atoms with Crippen LogP contribution in [-0.4, -0.2) is 14.1 Å². The molecule has 3 nitrogen and oxygen atoms in total. The second-order valence-corrected chi connectivity index (χ2v) is 2.70. The van der Waals surface area contributed by atoms with Crippen LogP contribution in [0.25, 0.3) is 0 Å². The molecule has 0 saturated heterocycles. The molecule has 12 heavy (non-hydrogen) atoms. The molecule has 0 saturated carbocycles. The molecule has 0 aromatic heterocycles. The third kappa shape index (κ3) is 1.65. The molecule has 0 unspecified atom stereocenters. The van der Waals surface area contributed by atoms with Crippen LogP contribution in [0.1, 0.15) is 0 Å². The van der Waals surface area contributed by atoms with Crippen LogP contribution in [0, 0.1) is 5.82 Å². The molecule has 1 aromatic rings. The Labute approximate surface area is 70.9 Å². The summed E-state index contributed by atoms with van der Waals surface area (Å²) in [5, 5.41) is 0. The van der Waals surface area contributed by atoms with E-state index in [0.29, 0.717) is 11.4 Å². The topological polar surface area (TPSA) is 41.3 Å². The summed E-state index contributed by atoms with van der Waals surface area (Å²) in [6, 6.07) is 4.75. The van der Waals surface area contributed by atoms with Gasteiger partial charge in [0, 0.05) is 20.2 Å². The lowest BCUT2D eigenvalue weighted by Gasteiger charge is -2.13. The Bertz CT molecular complexity index is 273. The molecule has 1 rings (SSSR count). The van der Waals surface area contributed by atoms with Crippen LogP contribution in [0.5, 0.6) is 0 Å². The first-order chi connectivity index (χ1) is 5.65. The predicted molar refractivity (Wildman–Crippen MR) is 48.5 cm³/mol. The second-order valence-electron chi connectivity index (χ2n) is 2.70. The summed E-state index contributed by atoms with van der Waals surface area (Å²) in [6.07, 6.45) is 0. The predicted octanol–water partition coefficient (Wildman–Crippen LogP) is 1.18. The van der Waals surface area contributed by atoms with Crippen molar-refractivity contribution in [3.8, 4) is 0 Å². The minimum atomic E-state index is -0.282. The number of nitrogens with one attached hydrogen (secondary N) is 1. The van der Waals surface area contributed by atoms with Gasteiger partial charge in [0.1, 0.15) is 5.82 Å². The van der Waals surface area contributed by atoms with E-state index in [2.05, 4.69) is 5.43 Å². The summed E-state index contributed by atoms with van der Waals surface area (Å²) < 4.78 is 13.2. The molecule has 66 valence electrons. The summed E-state index contributed by atoms with van der Waals surface area (Å²) in [4.78, 5) is 1.70. The lowest BCUT2D eigenvalue weighted by atomic mass is 10.2. The lowest BCUT2D eigenvalue weighted by Crippen LogP contribution is -2.12. The van der Waals surface area contributed by atoms with Crippen molar-refractivity contribution in [3.63, 3.8) is 0 Å². The molecule has 0 aliphatic carbocycles. The number of benzene rings is 1. The fourth-order valence-electron chi connectivity index (χ4n) is 0.959. The van der Waals surface area contributed by atoms with Gasteiger partial charge in [-0.2, -0.15) is 0 Å². The minimum absolute atomic E-state index is 0.282. The van der Waals surface area contributed by atoms with Crippen LogP contribution in [0.3, 0.4) is 0 Å². The van der Waals surface area contributed by atoms with Crippen molar-refractivity contribution in [2.24, 2.45) is 5.84 Å². The smallest absolute Gasteiger partial charge is 0.148 e. The van der Waals surface area contributed by atoms with Crippen molar-refractivity contribution in [1.29, 1.82) is 0 Å². The summed E-state index contributed by atoms with van der Waals surface area (Å²) in [5.74, 6) is 4.83. The van der Waals surface area contributed by atoms with Gasteiger partial charge < -0.3 is 10.3 Å². The summed E-state index contributed by atoms with van der Waals surface area (Å²) in [7, 11) is 3.57. The molecule has 0 amide bonds. The van der Waals surface area contributed by atoms with Gasteiger partial charge in [0.15, 0.2) is 0 Å². The molecule has 0 aliphatic heterocycles. The van der Waals surface area contributed by atoms with Gasteiger partial charge in [-0.1, -0.05) is 0 Å². The third-order valence-corrected chi connectivity index (χ3v) is 1.60. The Hall–Kier alpha value is -1.29. The fourth-order valence-corrected chi connectivity index (χ4v) is 0.959.